The Morgan fingerprint density at radius 3 is 2.68 bits per heavy atom. The fraction of sp³-hybridized carbons (Fsp3) is 0.458. The highest BCUT2D eigenvalue weighted by Gasteiger charge is 2.28. The SMILES string of the molecule is COCc1nc(N2CCN(C(=O)c3ccc(C)c([N+](=O)[O-])c3)CC2)c2c3c(sc2n1)CCCC3. The van der Waals surface area contributed by atoms with Gasteiger partial charge in [0, 0.05) is 55.4 Å². The van der Waals surface area contributed by atoms with Crippen molar-refractivity contribution in [3.63, 3.8) is 0 Å². The highest BCUT2D eigenvalue weighted by atomic mass is 32.1. The summed E-state index contributed by atoms with van der Waals surface area (Å²) in [6, 6.07) is 4.68. The average molecular weight is 482 g/mol. The number of anilines is 1. The summed E-state index contributed by atoms with van der Waals surface area (Å²) >= 11 is 1.77. The fourth-order valence-electron chi connectivity index (χ4n) is 4.85. The molecule has 3 aromatic rings. The third kappa shape index (κ3) is 4.12. The number of nitro benzene ring substituents is 1. The number of aryl methyl sites for hydroxylation is 3. The van der Waals surface area contributed by atoms with Gasteiger partial charge in [0.1, 0.15) is 17.3 Å². The Morgan fingerprint density at radius 2 is 1.94 bits per heavy atom. The second kappa shape index (κ2) is 9.27. The number of thiophene rings is 1. The van der Waals surface area contributed by atoms with E-state index in [4.69, 9.17) is 14.7 Å². The first-order chi connectivity index (χ1) is 16.5. The number of rotatable bonds is 5. The minimum Gasteiger partial charge on any atom is -0.377 e. The number of carbonyl (C=O) groups excluding carboxylic acids is 1. The normalized spacial score (nSPS) is 16.1. The Bertz CT molecular complexity index is 1270. The molecule has 9 nitrogen and oxygen atoms in total. The predicted octanol–water partition coefficient (Wildman–Crippen LogP) is 3.90. The molecule has 0 N–H and O–H groups in total. The van der Waals surface area contributed by atoms with Gasteiger partial charge in [-0.3, -0.25) is 14.9 Å². The molecule has 3 heterocycles. The summed E-state index contributed by atoms with van der Waals surface area (Å²) in [7, 11) is 1.65. The number of benzene rings is 1. The monoisotopic (exact) mass is 481 g/mol. The molecule has 0 radical (unpaired) electrons. The van der Waals surface area contributed by atoms with Crippen LogP contribution in [0.1, 0.15) is 45.0 Å². The molecule has 1 aromatic carbocycles. The van der Waals surface area contributed by atoms with Crippen molar-refractivity contribution in [2.45, 2.75) is 39.2 Å². The quantitative estimate of drug-likeness (QED) is 0.402. The first-order valence-electron chi connectivity index (χ1n) is 11.6. The molecule has 34 heavy (non-hydrogen) atoms. The number of nitro groups is 1. The van der Waals surface area contributed by atoms with Gasteiger partial charge in [-0.2, -0.15) is 0 Å². The first-order valence-corrected chi connectivity index (χ1v) is 12.4. The van der Waals surface area contributed by atoms with Crippen LogP contribution in [0.3, 0.4) is 0 Å². The van der Waals surface area contributed by atoms with Crippen LogP contribution in [0.5, 0.6) is 0 Å². The topological polar surface area (TPSA) is 102 Å². The highest BCUT2D eigenvalue weighted by Crippen LogP contribution is 2.40. The Morgan fingerprint density at radius 1 is 1.18 bits per heavy atom. The van der Waals surface area contributed by atoms with Crippen LogP contribution in [0, 0.1) is 17.0 Å². The minimum atomic E-state index is -0.441. The van der Waals surface area contributed by atoms with Crippen LogP contribution in [-0.2, 0) is 24.2 Å². The molecular formula is C24H27N5O4S. The lowest BCUT2D eigenvalue weighted by atomic mass is 9.97. The van der Waals surface area contributed by atoms with Crippen LogP contribution in [0.2, 0.25) is 0 Å². The Labute approximate surface area is 201 Å². The maximum Gasteiger partial charge on any atom is 0.273 e. The van der Waals surface area contributed by atoms with Gasteiger partial charge in [-0.25, -0.2) is 9.97 Å². The molecule has 5 rings (SSSR count). The van der Waals surface area contributed by atoms with Crippen LogP contribution in [-0.4, -0.2) is 59.0 Å². The average Bonchev–Trinajstić information content (AvgIpc) is 3.22. The van der Waals surface area contributed by atoms with E-state index < -0.39 is 4.92 Å². The van der Waals surface area contributed by atoms with Crippen LogP contribution < -0.4 is 4.90 Å². The third-order valence-electron chi connectivity index (χ3n) is 6.63. The molecule has 0 atom stereocenters. The lowest BCUT2D eigenvalue weighted by molar-refractivity contribution is -0.385. The number of carbonyl (C=O) groups is 1. The van der Waals surface area contributed by atoms with E-state index in [1.165, 1.54) is 29.3 Å². The summed E-state index contributed by atoms with van der Waals surface area (Å²) in [5.74, 6) is 1.44. The van der Waals surface area contributed by atoms with Crippen molar-refractivity contribution in [1.82, 2.24) is 14.9 Å². The van der Waals surface area contributed by atoms with Crippen LogP contribution in [0.15, 0.2) is 18.2 Å². The van der Waals surface area contributed by atoms with Crippen molar-refractivity contribution in [2.75, 3.05) is 38.2 Å². The van der Waals surface area contributed by atoms with E-state index >= 15 is 0 Å². The van der Waals surface area contributed by atoms with E-state index in [9.17, 15) is 14.9 Å². The Kier molecular flexibility index (Phi) is 6.18. The summed E-state index contributed by atoms with van der Waals surface area (Å²) in [6.07, 6.45) is 4.55. The van der Waals surface area contributed by atoms with Crippen LogP contribution in [0.4, 0.5) is 11.5 Å². The second-order valence-corrected chi connectivity index (χ2v) is 9.91. The van der Waals surface area contributed by atoms with E-state index in [-0.39, 0.29) is 11.6 Å². The highest BCUT2D eigenvalue weighted by molar-refractivity contribution is 7.19. The molecule has 1 aliphatic heterocycles. The van der Waals surface area contributed by atoms with Crippen molar-refractivity contribution >= 4 is 39.0 Å². The zero-order valence-electron chi connectivity index (χ0n) is 19.4. The molecule has 2 aliphatic rings. The summed E-state index contributed by atoms with van der Waals surface area (Å²) in [4.78, 5) is 40.0. The molecule has 1 amide bonds. The minimum absolute atomic E-state index is 0.0271. The maximum atomic E-state index is 13.1. The largest absolute Gasteiger partial charge is 0.377 e. The van der Waals surface area contributed by atoms with E-state index in [1.807, 2.05) is 0 Å². The zero-order valence-corrected chi connectivity index (χ0v) is 20.2. The number of methoxy groups -OCH3 is 1. The third-order valence-corrected chi connectivity index (χ3v) is 7.82. The van der Waals surface area contributed by atoms with Gasteiger partial charge in [-0.15, -0.1) is 11.3 Å². The molecule has 1 saturated heterocycles. The van der Waals surface area contributed by atoms with Crippen molar-refractivity contribution in [3.05, 3.63) is 55.7 Å². The number of hydrogen-bond acceptors (Lipinski definition) is 8. The van der Waals surface area contributed by atoms with Gasteiger partial charge in [0.25, 0.3) is 11.6 Å². The second-order valence-electron chi connectivity index (χ2n) is 8.83. The van der Waals surface area contributed by atoms with Crippen molar-refractivity contribution < 1.29 is 14.5 Å². The first kappa shape index (κ1) is 22.7. The van der Waals surface area contributed by atoms with E-state index in [2.05, 4.69) is 4.90 Å². The smallest absolute Gasteiger partial charge is 0.273 e. The van der Waals surface area contributed by atoms with Gasteiger partial charge in [0.2, 0.25) is 0 Å². The molecule has 0 saturated carbocycles. The van der Waals surface area contributed by atoms with Gasteiger partial charge in [-0.1, -0.05) is 6.07 Å². The predicted molar refractivity (Wildman–Crippen MR) is 131 cm³/mol. The van der Waals surface area contributed by atoms with Gasteiger partial charge in [0.05, 0.1) is 10.3 Å². The van der Waals surface area contributed by atoms with Crippen molar-refractivity contribution in [3.8, 4) is 0 Å². The fourth-order valence-corrected chi connectivity index (χ4v) is 6.12. The number of hydrogen-bond donors (Lipinski definition) is 0. The van der Waals surface area contributed by atoms with Crippen LogP contribution in [0.25, 0.3) is 10.2 Å². The van der Waals surface area contributed by atoms with E-state index in [0.717, 1.165) is 28.9 Å². The Balaban J connectivity index is 1.40. The standard InChI is InChI=1S/C24H27N5O4S/c1-15-7-8-16(13-18(15)29(31)32)24(30)28-11-9-27(10-12-28)22-21-17-5-3-4-6-19(17)34-23(21)26-20(25-22)14-33-2/h7-8,13H,3-6,9-12,14H2,1-2H3. The number of ether oxygens (including phenoxy) is 1. The zero-order chi connectivity index (χ0) is 23.8. The Hall–Kier alpha value is -3.11. The molecule has 178 valence electrons. The molecular weight excluding hydrogens is 454 g/mol. The lowest BCUT2D eigenvalue weighted by Gasteiger charge is -2.36. The molecule has 10 heteroatoms. The molecule has 1 aliphatic carbocycles. The van der Waals surface area contributed by atoms with Gasteiger partial charge < -0.3 is 14.5 Å². The summed E-state index contributed by atoms with van der Waals surface area (Å²) in [5.41, 5.74) is 2.26. The molecule has 0 bridgehead atoms. The lowest BCUT2D eigenvalue weighted by Crippen LogP contribution is -2.49. The van der Waals surface area contributed by atoms with Crippen LogP contribution >= 0.6 is 11.3 Å². The van der Waals surface area contributed by atoms with Gasteiger partial charge in [0.15, 0.2) is 5.82 Å². The number of amides is 1. The number of fused-ring (bicyclic) bond motifs is 3. The summed E-state index contributed by atoms with van der Waals surface area (Å²) in [5, 5.41) is 12.4. The molecule has 2 aromatic heterocycles. The maximum absolute atomic E-state index is 13.1. The number of nitrogens with zero attached hydrogens (tertiary/aromatic N) is 5. The van der Waals surface area contributed by atoms with Crippen molar-refractivity contribution in [1.29, 1.82) is 0 Å². The van der Waals surface area contributed by atoms with Gasteiger partial charge >= 0.3 is 0 Å². The van der Waals surface area contributed by atoms with Crippen molar-refractivity contribution in [2.24, 2.45) is 0 Å². The van der Waals surface area contributed by atoms with E-state index in [0.29, 0.717) is 49.7 Å². The molecule has 0 unspecified atom stereocenters. The van der Waals surface area contributed by atoms with Gasteiger partial charge in [-0.05, 0) is 44.2 Å². The summed E-state index contributed by atoms with van der Waals surface area (Å²) in [6.45, 7) is 4.37. The molecule has 0 spiro atoms. The number of piperazine rings is 1. The van der Waals surface area contributed by atoms with E-state index in [1.54, 1.807) is 42.4 Å². The summed E-state index contributed by atoms with van der Waals surface area (Å²) < 4.78 is 5.31. The molecule has 1 fully saturated rings. The number of aromatic nitrogens is 2.